The van der Waals surface area contributed by atoms with Crippen LogP contribution in [0.1, 0.15) is 34.1 Å². The van der Waals surface area contributed by atoms with Crippen molar-refractivity contribution in [3.8, 4) is 0 Å². The van der Waals surface area contributed by atoms with Gasteiger partial charge in [-0.25, -0.2) is 0 Å². The molecule has 0 saturated carbocycles. The summed E-state index contributed by atoms with van der Waals surface area (Å²) in [7, 11) is 0. The van der Waals surface area contributed by atoms with Crippen molar-refractivity contribution in [3.05, 3.63) is 0 Å². The maximum atomic E-state index is 11.2. The summed E-state index contributed by atoms with van der Waals surface area (Å²) in [6, 6.07) is 0.185. The standard InChI is InChI=1S/C9H19NO2/c1-5-6-12-8(4)9(11)10-7(2)3/h7-8H,5-6H2,1-4H3,(H,10,11). The van der Waals surface area contributed by atoms with Crippen LogP contribution >= 0.6 is 0 Å². The van der Waals surface area contributed by atoms with E-state index in [9.17, 15) is 4.79 Å². The SMILES string of the molecule is CCCOC(C)C(=O)NC(C)C. The van der Waals surface area contributed by atoms with Crippen LogP contribution in [-0.2, 0) is 9.53 Å². The van der Waals surface area contributed by atoms with Crippen molar-refractivity contribution in [2.45, 2.75) is 46.3 Å². The lowest BCUT2D eigenvalue weighted by Crippen LogP contribution is -2.38. The van der Waals surface area contributed by atoms with Crippen LogP contribution in [0.15, 0.2) is 0 Å². The lowest BCUT2D eigenvalue weighted by molar-refractivity contribution is -0.132. The zero-order valence-corrected chi connectivity index (χ0v) is 8.39. The van der Waals surface area contributed by atoms with E-state index in [4.69, 9.17) is 4.74 Å². The van der Waals surface area contributed by atoms with E-state index in [-0.39, 0.29) is 18.1 Å². The number of hydrogen-bond donors (Lipinski definition) is 1. The molecular weight excluding hydrogens is 154 g/mol. The van der Waals surface area contributed by atoms with Gasteiger partial charge in [0.2, 0.25) is 5.91 Å². The Morgan fingerprint density at radius 1 is 1.42 bits per heavy atom. The van der Waals surface area contributed by atoms with Crippen molar-refractivity contribution in [2.24, 2.45) is 0 Å². The molecular formula is C9H19NO2. The normalized spacial score (nSPS) is 13.1. The summed E-state index contributed by atoms with van der Waals surface area (Å²) in [5.41, 5.74) is 0. The second-order valence-corrected chi connectivity index (χ2v) is 3.18. The third kappa shape index (κ3) is 5.13. The van der Waals surface area contributed by atoms with Gasteiger partial charge in [0, 0.05) is 12.6 Å². The zero-order chi connectivity index (χ0) is 9.56. The van der Waals surface area contributed by atoms with Crippen LogP contribution in [0.2, 0.25) is 0 Å². The number of nitrogens with one attached hydrogen (secondary N) is 1. The van der Waals surface area contributed by atoms with Crippen molar-refractivity contribution >= 4 is 5.91 Å². The molecule has 0 aliphatic rings. The van der Waals surface area contributed by atoms with Crippen molar-refractivity contribution in [3.63, 3.8) is 0 Å². The molecule has 0 aromatic heterocycles. The Morgan fingerprint density at radius 3 is 2.42 bits per heavy atom. The molecule has 0 aliphatic carbocycles. The van der Waals surface area contributed by atoms with E-state index >= 15 is 0 Å². The third-order valence-corrected chi connectivity index (χ3v) is 1.37. The number of rotatable bonds is 5. The lowest BCUT2D eigenvalue weighted by Gasteiger charge is -2.14. The Bertz CT molecular complexity index is 134. The first-order valence-electron chi connectivity index (χ1n) is 4.50. The Labute approximate surface area is 74.5 Å². The first-order valence-corrected chi connectivity index (χ1v) is 4.50. The highest BCUT2D eigenvalue weighted by molar-refractivity contribution is 5.80. The fourth-order valence-corrected chi connectivity index (χ4v) is 0.772. The Kier molecular flexibility index (Phi) is 5.72. The van der Waals surface area contributed by atoms with Gasteiger partial charge in [-0.05, 0) is 27.2 Å². The maximum Gasteiger partial charge on any atom is 0.249 e. The molecule has 0 saturated heterocycles. The summed E-state index contributed by atoms with van der Waals surface area (Å²) < 4.78 is 5.24. The molecule has 0 heterocycles. The molecule has 72 valence electrons. The summed E-state index contributed by atoms with van der Waals surface area (Å²) in [5.74, 6) is -0.0292. The van der Waals surface area contributed by atoms with E-state index in [0.29, 0.717) is 6.61 Å². The van der Waals surface area contributed by atoms with Crippen molar-refractivity contribution in [1.29, 1.82) is 0 Å². The molecule has 1 atom stereocenters. The minimum Gasteiger partial charge on any atom is -0.369 e. The highest BCUT2D eigenvalue weighted by Crippen LogP contribution is 1.93. The number of ether oxygens (including phenoxy) is 1. The van der Waals surface area contributed by atoms with E-state index < -0.39 is 0 Å². The average molecular weight is 173 g/mol. The molecule has 0 fully saturated rings. The minimum atomic E-state index is -0.327. The molecule has 1 unspecified atom stereocenters. The number of hydrogen-bond acceptors (Lipinski definition) is 2. The summed E-state index contributed by atoms with van der Waals surface area (Å²) in [5, 5.41) is 2.79. The van der Waals surface area contributed by atoms with E-state index in [0.717, 1.165) is 6.42 Å². The smallest absolute Gasteiger partial charge is 0.249 e. The topological polar surface area (TPSA) is 38.3 Å². The Hall–Kier alpha value is -0.570. The first-order chi connectivity index (χ1) is 5.57. The Morgan fingerprint density at radius 2 is 2.00 bits per heavy atom. The fraction of sp³-hybridized carbons (Fsp3) is 0.889. The summed E-state index contributed by atoms with van der Waals surface area (Å²) >= 11 is 0. The highest BCUT2D eigenvalue weighted by atomic mass is 16.5. The minimum absolute atomic E-state index is 0.0292. The van der Waals surface area contributed by atoms with Gasteiger partial charge in [0.05, 0.1) is 0 Å². The molecule has 3 nitrogen and oxygen atoms in total. The summed E-state index contributed by atoms with van der Waals surface area (Å²) in [6.45, 7) is 8.31. The van der Waals surface area contributed by atoms with Gasteiger partial charge in [0.25, 0.3) is 0 Å². The molecule has 1 N–H and O–H groups in total. The molecule has 0 aromatic carbocycles. The van der Waals surface area contributed by atoms with E-state index in [1.165, 1.54) is 0 Å². The first kappa shape index (κ1) is 11.4. The molecule has 0 bridgehead atoms. The quantitative estimate of drug-likeness (QED) is 0.681. The second kappa shape index (κ2) is 6.00. The molecule has 1 amide bonds. The summed E-state index contributed by atoms with van der Waals surface area (Å²) in [4.78, 5) is 11.2. The van der Waals surface area contributed by atoms with Gasteiger partial charge in [-0.1, -0.05) is 6.92 Å². The van der Waals surface area contributed by atoms with E-state index in [1.54, 1.807) is 6.92 Å². The van der Waals surface area contributed by atoms with E-state index in [1.807, 2.05) is 20.8 Å². The van der Waals surface area contributed by atoms with Crippen LogP contribution in [0.25, 0.3) is 0 Å². The number of carbonyl (C=O) groups is 1. The van der Waals surface area contributed by atoms with Crippen LogP contribution in [0.4, 0.5) is 0 Å². The second-order valence-electron chi connectivity index (χ2n) is 3.18. The van der Waals surface area contributed by atoms with Crippen LogP contribution in [-0.4, -0.2) is 24.7 Å². The van der Waals surface area contributed by atoms with Gasteiger partial charge in [-0.15, -0.1) is 0 Å². The largest absolute Gasteiger partial charge is 0.369 e. The van der Waals surface area contributed by atoms with Crippen LogP contribution in [0, 0.1) is 0 Å². The molecule has 0 spiro atoms. The highest BCUT2D eigenvalue weighted by Gasteiger charge is 2.12. The molecule has 12 heavy (non-hydrogen) atoms. The van der Waals surface area contributed by atoms with Crippen molar-refractivity contribution in [1.82, 2.24) is 5.32 Å². The van der Waals surface area contributed by atoms with Gasteiger partial charge < -0.3 is 10.1 Å². The van der Waals surface area contributed by atoms with Gasteiger partial charge in [-0.3, -0.25) is 4.79 Å². The van der Waals surface area contributed by atoms with Crippen LogP contribution in [0.3, 0.4) is 0 Å². The van der Waals surface area contributed by atoms with Gasteiger partial charge >= 0.3 is 0 Å². The van der Waals surface area contributed by atoms with Crippen molar-refractivity contribution in [2.75, 3.05) is 6.61 Å². The fourth-order valence-electron chi connectivity index (χ4n) is 0.772. The number of carbonyl (C=O) groups excluding carboxylic acids is 1. The van der Waals surface area contributed by atoms with E-state index in [2.05, 4.69) is 5.32 Å². The number of amides is 1. The lowest BCUT2D eigenvalue weighted by atomic mass is 10.3. The average Bonchev–Trinajstić information content (AvgIpc) is 1.98. The monoisotopic (exact) mass is 173 g/mol. The van der Waals surface area contributed by atoms with Crippen molar-refractivity contribution < 1.29 is 9.53 Å². The molecule has 0 radical (unpaired) electrons. The Balaban J connectivity index is 3.61. The third-order valence-electron chi connectivity index (χ3n) is 1.37. The van der Waals surface area contributed by atoms with Gasteiger partial charge in [-0.2, -0.15) is 0 Å². The van der Waals surface area contributed by atoms with Gasteiger partial charge in [0.1, 0.15) is 6.10 Å². The molecule has 0 rings (SSSR count). The predicted octanol–water partition coefficient (Wildman–Crippen LogP) is 1.33. The maximum absolute atomic E-state index is 11.2. The predicted molar refractivity (Wildman–Crippen MR) is 49.0 cm³/mol. The van der Waals surface area contributed by atoms with Crippen LogP contribution < -0.4 is 5.32 Å². The molecule has 0 aliphatic heterocycles. The van der Waals surface area contributed by atoms with Gasteiger partial charge in [0.15, 0.2) is 0 Å². The molecule has 3 heteroatoms. The molecule has 0 aromatic rings. The van der Waals surface area contributed by atoms with Crippen LogP contribution in [0.5, 0.6) is 0 Å². The zero-order valence-electron chi connectivity index (χ0n) is 8.39. The summed E-state index contributed by atoms with van der Waals surface area (Å²) in [6.07, 6.45) is 0.617.